The van der Waals surface area contributed by atoms with Gasteiger partial charge >= 0.3 is 11.9 Å². The molecule has 0 spiro atoms. The summed E-state index contributed by atoms with van der Waals surface area (Å²) in [5.74, 6) is -0.512. The van der Waals surface area contributed by atoms with Crippen LogP contribution in [0, 0.1) is 0 Å². The van der Waals surface area contributed by atoms with Crippen LogP contribution in [0.4, 0.5) is 0 Å². The standard InChI is InChI=1S/C14H26O7/c1-3-20-13(15)5-7-17-9-11-19-12-10-18-8-6-14(16)21-4-2/h3-12H2,1-2H3. The van der Waals surface area contributed by atoms with Crippen LogP contribution in [0.1, 0.15) is 26.7 Å². The number of rotatable bonds is 14. The van der Waals surface area contributed by atoms with Crippen LogP contribution in [-0.2, 0) is 33.3 Å². The molecule has 0 aliphatic rings. The Labute approximate surface area is 125 Å². The van der Waals surface area contributed by atoms with E-state index in [4.69, 9.17) is 23.7 Å². The molecule has 0 radical (unpaired) electrons. The summed E-state index contributed by atoms with van der Waals surface area (Å²) in [6.07, 6.45) is 0.510. The topological polar surface area (TPSA) is 80.3 Å². The second kappa shape index (κ2) is 15.2. The molecule has 7 nitrogen and oxygen atoms in total. The molecule has 0 aromatic carbocycles. The Balaban J connectivity index is 3.12. The van der Waals surface area contributed by atoms with Crippen molar-refractivity contribution in [3.05, 3.63) is 0 Å². The molecule has 0 amide bonds. The Morgan fingerprint density at radius 1 is 0.619 bits per heavy atom. The van der Waals surface area contributed by atoms with Crippen LogP contribution in [-0.4, -0.2) is 64.8 Å². The third-order valence-electron chi connectivity index (χ3n) is 2.26. The van der Waals surface area contributed by atoms with E-state index < -0.39 is 0 Å². The van der Waals surface area contributed by atoms with Gasteiger partial charge in [0.1, 0.15) is 0 Å². The number of hydrogen-bond acceptors (Lipinski definition) is 7. The maximum atomic E-state index is 11.0. The van der Waals surface area contributed by atoms with Gasteiger partial charge in [0, 0.05) is 0 Å². The lowest BCUT2D eigenvalue weighted by molar-refractivity contribution is -0.145. The highest BCUT2D eigenvalue weighted by molar-refractivity contribution is 5.69. The molecular weight excluding hydrogens is 280 g/mol. The lowest BCUT2D eigenvalue weighted by Crippen LogP contribution is -2.13. The van der Waals surface area contributed by atoms with Gasteiger partial charge in [-0.3, -0.25) is 9.59 Å². The van der Waals surface area contributed by atoms with Gasteiger partial charge in [0.2, 0.25) is 0 Å². The van der Waals surface area contributed by atoms with Gasteiger partial charge in [-0.15, -0.1) is 0 Å². The van der Waals surface area contributed by atoms with E-state index in [9.17, 15) is 9.59 Å². The summed E-state index contributed by atoms with van der Waals surface area (Å²) in [7, 11) is 0. The highest BCUT2D eigenvalue weighted by Crippen LogP contribution is 1.90. The van der Waals surface area contributed by atoms with Gasteiger partial charge in [0.05, 0.1) is 65.7 Å². The lowest BCUT2D eigenvalue weighted by Gasteiger charge is -2.06. The van der Waals surface area contributed by atoms with Crippen LogP contribution in [0.25, 0.3) is 0 Å². The molecule has 0 N–H and O–H groups in total. The van der Waals surface area contributed by atoms with Crippen LogP contribution in [0.15, 0.2) is 0 Å². The summed E-state index contributed by atoms with van der Waals surface area (Å²) in [5, 5.41) is 0. The van der Waals surface area contributed by atoms with Gasteiger partial charge in [-0.2, -0.15) is 0 Å². The minimum Gasteiger partial charge on any atom is -0.466 e. The average Bonchev–Trinajstić information content (AvgIpc) is 2.45. The molecule has 0 aromatic heterocycles. The summed E-state index contributed by atoms with van der Waals surface area (Å²) < 4.78 is 25.2. The van der Waals surface area contributed by atoms with E-state index in [1.807, 2.05) is 0 Å². The molecule has 0 bridgehead atoms. The normalized spacial score (nSPS) is 10.4. The Morgan fingerprint density at radius 3 is 1.29 bits per heavy atom. The van der Waals surface area contributed by atoms with Gasteiger partial charge in [-0.1, -0.05) is 0 Å². The van der Waals surface area contributed by atoms with Crippen molar-refractivity contribution in [3.8, 4) is 0 Å². The van der Waals surface area contributed by atoms with E-state index in [2.05, 4.69) is 0 Å². The SMILES string of the molecule is CCOC(=O)CCOCCOCCOCCC(=O)OCC. The molecule has 21 heavy (non-hydrogen) atoms. The zero-order valence-corrected chi connectivity index (χ0v) is 12.9. The van der Waals surface area contributed by atoms with Gasteiger partial charge in [0.25, 0.3) is 0 Å². The van der Waals surface area contributed by atoms with E-state index in [-0.39, 0.29) is 24.8 Å². The number of carbonyl (C=O) groups is 2. The maximum Gasteiger partial charge on any atom is 0.308 e. The first-order valence-electron chi connectivity index (χ1n) is 7.25. The molecule has 0 rings (SSSR count). The van der Waals surface area contributed by atoms with Crippen LogP contribution in [0.5, 0.6) is 0 Å². The third kappa shape index (κ3) is 15.0. The van der Waals surface area contributed by atoms with E-state index in [1.54, 1.807) is 13.8 Å². The fourth-order valence-corrected chi connectivity index (χ4v) is 1.32. The zero-order valence-electron chi connectivity index (χ0n) is 12.9. The summed E-state index contributed by atoms with van der Waals surface area (Å²) in [5.41, 5.74) is 0. The van der Waals surface area contributed by atoms with Gasteiger partial charge in [-0.25, -0.2) is 0 Å². The first-order chi connectivity index (χ1) is 10.2. The van der Waals surface area contributed by atoms with Gasteiger partial charge in [0.15, 0.2) is 0 Å². The highest BCUT2D eigenvalue weighted by Gasteiger charge is 2.01. The first kappa shape index (κ1) is 19.8. The summed E-state index contributed by atoms with van der Waals surface area (Å²) in [4.78, 5) is 22.0. The van der Waals surface area contributed by atoms with Crippen LogP contribution in [0.2, 0.25) is 0 Å². The molecule has 0 unspecified atom stereocenters. The molecule has 0 aliphatic carbocycles. The second-order valence-electron chi connectivity index (χ2n) is 3.95. The van der Waals surface area contributed by atoms with Crippen molar-refractivity contribution in [3.63, 3.8) is 0 Å². The quantitative estimate of drug-likeness (QED) is 0.349. The molecule has 0 aliphatic heterocycles. The molecule has 0 fully saturated rings. The van der Waals surface area contributed by atoms with Gasteiger partial charge < -0.3 is 23.7 Å². The Hall–Kier alpha value is -1.18. The smallest absolute Gasteiger partial charge is 0.308 e. The fourth-order valence-electron chi connectivity index (χ4n) is 1.32. The molecular formula is C14H26O7. The lowest BCUT2D eigenvalue weighted by atomic mass is 10.5. The van der Waals surface area contributed by atoms with Crippen molar-refractivity contribution in [2.24, 2.45) is 0 Å². The molecule has 0 atom stereocenters. The predicted molar refractivity (Wildman–Crippen MR) is 75.0 cm³/mol. The Bertz CT molecular complexity index is 242. The molecule has 0 heterocycles. The molecule has 0 saturated heterocycles. The van der Waals surface area contributed by atoms with Crippen LogP contribution >= 0.6 is 0 Å². The average molecular weight is 306 g/mol. The summed E-state index contributed by atoms with van der Waals surface area (Å²) in [6.45, 7) is 6.67. The van der Waals surface area contributed by atoms with E-state index in [1.165, 1.54) is 0 Å². The predicted octanol–water partition coefficient (Wildman–Crippen LogP) is 0.943. The van der Waals surface area contributed by atoms with E-state index in [0.29, 0.717) is 52.9 Å². The van der Waals surface area contributed by atoms with Crippen LogP contribution in [0.3, 0.4) is 0 Å². The number of ether oxygens (including phenoxy) is 5. The van der Waals surface area contributed by atoms with Crippen molar-refractivity contribution >= 4 is 11.9 Å². The monoisotopic (exact) mass is 306 g/mol. The van der Waals surface area contributed by atoms with Crippen molar-refractivity contribution in [1.82, 2.24) is 0 Å². The zero-order chi connectivity index (χ0) is 15.8. The van der Waals surface area contributed by atoms with E-state index in [0.717, 1.165) is 0 Å². The number of carbonyl (C=O) groups excluding carboxylic acids is 2. The Morgan fingerprint density at radius 2 is 0.952 bits per heavy atom. The first-order valence-corrected chi connectivity index (χ1v) is 7.25. The van der Waals surface area contributed by atoms with Gasteiger partial charge in [-0.05, 0) is 13.8 Å². The van der Waals surface area contributed by atoms with Crippen molar-refractivity contribution < 1.29 is 33.3 Å². The minimum atomic E-state index is -0.256. The van der Waals surface area contributed by atoms with Crippen molar-refractivity contribution in [1.29, 1.82) is 0 Å². The third-order valence-corrected chi connectivity index (χ3v) is 2.26. The molecule has 124 valence electrons. The van der Waals surface area contributed by atoms with Crippen molar-refractivity contribution in [2.45, 2.75) is 26.7 Å². The Kier molecular flexibility index (Phi) is 14.4. The minimum absolute atomic E-state index is 0.255. The van der Waals surface area contributed by atoms with E-state index >= 15 is 0 Å². The molecule has 0 saturated carbocycles. The summed E-state index contributed by atoms with van der Waals surface area (Å²) >= 11 is 0. The number of esters is 2. The van der Waals surface area contributed by atoms with Crippen LogP contribution < -0.4 is 0 Å². The number of hydrogen-bond donors (Lipinski definition) is 0. The highest BCUT2D eigenvalue weighted by atomic mass is 16.6. The largest absolute Gasteiger partial charge is 0.466 e. The maximum absolute atomic E-state index is 11.0. The molecule has 0 aromatic rings. The summed E-state index contributed by atoms with van der Waals surface area (Å²) in [6, 6.07) is 0. The second-order valence-corrected chi connectivity index (χ2v) is 3.95. The fraction of sp³-hybridized carbons (Fsp3) is 0.857. The molecule has 7 heteroatoms. The van der Waals surface area contributed by atoms with Crippen molar-refractivity contribution in [2.75, 3.05) is 52.9 Å².